The van der Waals surface area contributed by atoms with Crippen LogP contribution in [-0.4, -0.2) is 84.0 Å². The van der Waals surface area contributed by atoms with Crippen LogP contribution in [-0.2, 0) is 9.53 Å². The molecule has 0 bridgehead atoms. The van der Waals surface area contributed by atoms with Crippen LogP contribution in [0.15, 0.2) is 12.3 Å². The molecule has 3 aliphatic rings. The summed E-state index contributed by atoms with van der Waals surface area (Å²) in [5, 5.41) is 9.90. The molecule has 1 aromatic heterocycles. The van der Waals surface area contributed by atoms with Gasteiger partial charge >= 0.3 is 0 Å². The summed E-state index contributed by atoms with van der Waals surface area (Å²) >= 11 is 0. The quantitative estimate of drug-likeness (QED) is 0.809. The third kappa shape index (κ3) is 3.48. The summed E-state index contributed by atoms with van der Waals surface area (Å²) in [6.45, 7) is 4.02. The number of aliphatic hydroxyl groups is 1. The van der Waals surface area contributed by atoms with E-state index < -0.39 is 0 Å². The first-order valence-electron chi connectivity index (χ1n) is 9.44. The van der Waals surface area contributed by atoms with Crippen molar-refractivity contribution in [1.29, 1.82) is 0 Å². The van der Waals surface area contributed by atoms with Gasteiger partial charge in [-0.1, -0.05) is 0 Å². The van der Waals surface area contributed by atoms with Crippen LogP contribution in [0.5, 0.6) is 0 Å². The van der Waals surface area contributed by atoms with Crippen LogP contribution in [0.4, 0.5) is 11.8 Å². The molecule has 0 aromatic carbocycles. The maximum absolute atomic E-state index is 11.7. The van der Waals surface area contributed by atoms with Gasteiger partial charge in [0.05, 0.1) is 11.7 Å². The molecular formula is C18H27N5O3. The van der Waals surface area contributed by atoms with Gasteiger partial charge in [0, 0.05) is 46.0 Å². The maximum Gasteiger partial charge on any atom is 0.248 e. The standard InChI is InChI=1S/C18H27N5O3/c1-21-13-18(26-12-16(21)25)5-9-22(10-6-18)17-19-7-4-15(20-17)23-8-2-3-14(24)11-23/h4,7,14,24H,2-3,5-6,8-13H2,1H3. The number of rotatable bonds is 2. The number of aromatic nitrogens is 2. The van der Waals surface area contributed by atoms with Gasteiger partial charge in [-0.25, -0.2) is 4.98 Å². The number of β-amino-alcohol motifs (C(OH)–C–C–N with tert-alkyl or cyclic N) is 1. The Morgan fingerprint density at radius 1 is 1.27 bits per heavy atom. The minimum atomic E-state index is -0.278. The summed E-state index contributed by atoms with van der Waals surface area (Å²) in [6.07, 6.45) is 5.09. The van der Waals surface area contributed by atoms with Crippen molar-refractivity contribution < 1.29 is 14.6 Å². The second-order valence-electron chi connectivity index (χ2n) is 7.67. The fraction of sp³-hybridized carbons (Fsp3) is 0.722. The molecule has 1 atom stereocenters. The van der Waals surface area contributed by atoms with E-state index in [1.54, 1.807) is 11.1 Å². The monoisotopic (exact) mass is 361 g/mol. The zero-order valence-corrected chi connectivity index (χ0v) is 15.3. The number of piperidine rings is 2. The summed E-state index contributed by atoms with van der Waals surface area (Å²) in [4.78, 5) is 27.0. The van der Waals surface area contributed by atoms with Crippen molar-refractivity contribution in [3.05, 3.63) is 12.3 Å². The first-order valence-corrected chi connectivity index (χ1v) is 9.44. The lowest BCUT2D eigenvalue weighted by Crippen LogP contribution is -2.57. The number of ether oxygens (including phenoxy) is 1. The zero-order chi connectivity index (χ0) is 18.1. The van der Waals surface area contributed by atoms with Crippen molar-refractivity contribution >= 4 is 17.7 Å². The molecule has 0 radical (unpaired) electrons. The van der Waals surface area contributed by atoms with E-state index in [0.29, 0.717) is 13.1 Å². The number of amides is 1. The SMILES string of the molecule is CN1CC2(CCN(c3nccc(N4CCCC(O)C4)n3)CC2)OCC1=O. The van der Waals surface area contributed by atoms with E-state index in [2.05, 4.69) is 14.8 Å². The van der Waals surface area contributed by atoms with Gasteiger partial charge in [-0.05, 0) is 31.7 Å². The highest BCUT2D eigenvalue weighted by molar-refractivity contribution is 5.78. The van der Waals surface area contributed by atoms with Crippen LogP contribution in [0, 0.1) is 0 Å². The number of anilines is 2. The van der Waals surface area contributed by atoms with Crippen LogP contribution in [0.1, 0.15) is 25.7 Å². The van der Waals surface area contributed by atoms with Crippen LogP contribution in [0.3, 0.4) is 0 Å². The average molecular weight is 361 g/mol. The number of aliphatic hydroxyl groups excluding tert-OH is 1. The fourth-order valence-electron chi connectivity index (χ4n) is 4.14. The minimum Gasteiger partial charge on any atom is -0.391 e. The maximum atomic E-state index is 11.7. The molecule has 142 valence electrons. The molecule has 4 rings (SSSR count). The van der Waals surface area contributed by atoms with Crippen molar-refractivity contribution in [2.45, 2.75) is 37.4 Å². The van der Waals surface area contributed by atoms with E-state index >= 15 is 0 Å². The molecule has 0 saturated carbocycles. The molecular weight excluding hydrogens is 334 g/mol. The number of carbonyl (C=O) groups is 1. The topological polar surface area (TPSA) is 82.0 Å². The molecule has 1 aromatic rings. The van der Waals surface area contributed by atoms with Gasteiger partial charge in [0.25, 0.3) is 0 Å². The van der Waals surface area contributed by atoms with Gasteiger partial charge in [-0.3, -0.25) is 4.79 Å². The molecule has 1 spiro atoms. The first kappa shape index (κ1) is 17.5. The molecule has 4 heterocycles. The van der Waals surface area contributed by atoms with Gasteiger partial charge in [0.15, 0.2) is 0 Å². The number of hydrogen-bond acceptors (Lipinski definition) is 7. The van der Waals surface area contributed by atoms with Crippen molar-refractivity contribution in [1.82, 2.24) is 14.9 Å². The molecule has 1 N–H and O–H groups in total. The van der Waals surface area contributed by atoms with Crippen molar-refractivity contribution in [2.75, 3.05) is 56.2 Å². The van der Waals surface area contributed by atoms with Crippen LogP contribution in [0.25, 0.3) is 0 Å². The Balaban J connectivity index is 1.42. The van der Waals surface area contributed by atoms with Crippen molar-refractivity contribution in [2.24, 2.45) is 0 Å². The van der Waals surface area contributed by atoms with Gasteiger partial charge in [-0.15, -0.1) is 0 Å². The number of carbonyl (C=O) groups excluding carboxylic acids is 1. The largest absolute Gasteiger partial charge is 0.391 e. The zero-order valence-electron chi connectivity index (χ0n) is 15.3. The molecule has 8 nitrogen and oxygen atoms in total. The Hall–Kier alpha value is -1.93. The summed E-state index contributed by atoms with van der Waals surface area (Å²) in [5.41, 5.74) is -0.228. The molecule has 3 saturated heterocycles. The summed E-state index contributed by atoms with van der Waals surface area (Å²) < 4.78 is 5.91. The highest BCUT2D eigenvalue weighted by atomic mass is 16.5. The lowest BCUT2D eigenvalue weighted by molar-refractivity contribution is -0.164. The van der Waals surface area contributed by atoms with E-state index in [0.717, 1.165) is 57.1 Å². The van der Waals surface area contributed by atoms with E-state index in [4.69, 9.17) is 9.72 Å². The predicted molar refractivity (Wildman–Crippen MR) is 97.3 cm³/mol. The normalized spacial score (nSPS) is 26.5. The number of nitrogens with zero attached hydrogens (tertiary/aromatic N) is 5. The van der Waals surface area contributed by atoms with E-state index in [1.165, 1.54) is 0 Å². The number of likely N-dealkylation sites (N-methyl/N-ethyl adjacent to an activating group) is 1. The Morgan fingerprint density at radius 2 is 2.08 bits per heavy atom. The second-order valence-corrected chi connectivity index (χ2v) is 7.67. The Morgan fingerprint density at radius 3 is 2.81 bits per heavy atom. The molecule has 0 aliphatic carbocycles. The van der Waals surface area contributed by atoms with Gasteiger partial charge in [0.2, 0.25) is 11.9 Å². The minimum absolute atomic E-state index is 0.0535. The van der Waals surface area contributed by atoms with Gasteiger partial charge in [-0.2, -0.15) is 4.98 Å². The Labute approximate surface area is 153 Å². The van der Waals surface area contributed by atoms with Gasteiger partial charge < -0.3 is 24.5 Å². The van der Waals surface area contributed by atoms with Crippen molar-refractivity contribution in [3.63, 3.8) is 0 Å². The van der Waals surface area contributed by atoms with E-state index in [-0.39, 0.29) is 24.2 Å². The predicted octanol–water partition coefficient (Wildman–Crippen LogP) is 0.265. The lowest BCUT2D eigenvalue weighted by Gasteiger charge is -2.46. The fourth-order valence-corrected chi connectivity index (χ4v) is 4.14. The summed E-state index contributed by atoms with van der Waals surface area (Å²) in [5.74, 6) is 1.67. The number of hydrogen-bond donors (Lipinski definition) is 1. The highest BCUT2D eigenvalue weighted by Gasteiger charge is 2.41. The Bertz CT molecular complexity index is 662. The average Bonchev–Trinajstić information content (AvgIpc) is 2.66. The lowest BCUT2D eigenvalue weighted by atomic mass is 9.89. The first-order chi connectivity index (χ1) is 12.5. The smallest absolute Gasteiger partial charge is 0.248 e. The Kier molecular flexibility index (Phi) is 4.71. The van der Waals surface area contributed by atoms with Crippen LogP contribution < -0.4 is 9.80 Å². The third-order valence-electron chi connectivity index (χ3n) is 5.76. The number of morpholine rings is 1. The van der Waals surface area contributed by atoms with Crippen LogP contribution >= 0.6 is 0 Å². The van der Waals surface area contributed by atoms with Crippen molar-refractivity contribution in [3.8, 4) is 0 Å². The molecule has 8 heteroatoms. The second kappa shape index (κ2) is 7.00. The molecule has 3 aliphatic heterocycles. The highest BCUT2D eigenvalue weighted by Crippen LogP contribution is 2.31. The summed E-state index contributed by atoms with van der Waals surface area (Å²) in [7, 11) is 1.85. The molecule has 1 unspecified atom stereocenters. The van der Waals surface area contributed by atoms with Crippen LogP contribution in [0.2, 0.25) is 0 Å². The van der Waals surface area contributed by atoms with E-state index in [1.807, 2.05) is 13.1 Å². The van der Waals surface area contributed by atoms with E-state index in [9.17, 15) is 9.90 Å². The third-order valence-corrected chi connectivity index (χ3v) is 5.76. The van der Waals surface area contributed by atoms with Gasteiger partial charge in [0.1, 0.15) is 12.4 Å². The molecule has 26 heavy (non-hydrogen) atoms. The molecule has 3 fully saturated rings. The molecule has 1 amide bonds. The summed E-state index contributed by atoms with van der Waals surface area (Å²) in [6, 6.07) is 1.91.